The maximum absolute atomic E-state index is 12.6. The third-order valence-corrected chi connectivity index (χ3v) is 5.83. The van der Waals surface area contributed by atoms with Gasteiger partial charge in [0.25, 0.3) is 0 Å². The largest absolute Gasteiger partial charge is 0.495 e. The Labute approximate surface area is 160 Å². The van der Waals surface area contributed by atoms with Crippen molar-refractivity contribution in [1.82, 2.24) is 4.90 Å². The number of halogens is 1. The molecule has 1 aliphatic carbocycles. The Morgan fingerprint density at radius 2 is 1.73 bits per heavy atom. The molecule has 0 spiro atoms. The van der Waals surface area contributed by atoms with Crippen LogP contribution in [0.2, 0.25) is 5.02 Å². The van der Waals surface area contributed by atoms with Gasteiger partial charge in [0.2, 0.25) is 11.8 Å². The van der Waals surface area contributed by atoms with Crippen LogP contribution in [0.5, 0.6) is 5.75 Å². The van der Waals surface area contributed by atoms with Crippen molar-refractivity contribution in [3.8, 4) is 5.75 Å². The van der Waals surface area contributed by atoms with E-state index in [1.54, 1.807) is 25.3 Å². The van der Waals surface area contributed by atoms with Crippen LogP contribution >= 0.6 is 11.6 Å². The first-order valence-electron chi connectivity index (χ1n) is 9.51. The highest BCUT2D eigenvalue weighted by atomic mass is 35.5. The van der Waals surface area contributed by atoms with E-state index >= 15 is 0 Å². The van der Waals surface area contributed by atoms with E-state index in [9.17, 15) is 9.59 Å². The summed E-state index contributed by atoms with van der Waals surface area (Å²) in [5.74, 6) is 0.941. The van der Waals surface area contributed by atoms with E-state index in [4.69, 9.17) is 16.3 Å². The number of methoxy groups -OCH3 is 1. The number of ether oxygens (including phenoxy) is 1. The summed E-state index contributed by atoms with van der Waals surface area (Å²) in [6.07, 6.45) is 6.60. The Morgan fingerprint density at radius 3 is 2.35 bits per heavy atom. The van der Waals surface area contributed by atoms with Gasteiger partial charge in [-0.2, -0.15) is 0 Å². The number of hydrogen-bond donors (Lipinski definition) is 1. The van der Waals surface area contributed by atoms with Gasteiger partial charge < -0.3 is 15.0 Å². The Kier molecular flexibility index (Phi) is 6.41. The van der Waals surface area contributed by atoms with Gasteiger partial charge in [-0.05, 0) is 63.1 Å². The molecule has 2 fully saturated rings. The van der Waals surface area contributed by atoms with Gasteiger partial charge in [-0.1, -0.05) is 11.6 Å². The summed E-state index contributed by atoms with van der Waals surface area (Å²) < 4.78 is 5.12. The number of carbonyl (C=O) groups excluding carboxylic acids is 2. The zero-order valence-corrected chi connectivity index (χ0v) is 16.1. The van der Waals surface area contributed by atoms with Crippen LogP contribution in [-0.2, 0) is 9.59 Å². The number of benzene rings is 1. The zero-order chi connectivity index (χ0) is 18.5. The lowest BCUT2D eigenvalue weighted by atomic mass is 9.80. The van der Waals surface area contributed by atoms with Gasteiger partial charge >= 0.3 is 0 Å². The minimum absolute atomic E-state index is 0.00936. The third kappa shape index (κ3) is 4.50. The number of nitrogens with one attached hydrogen (secondary N) is 1. The highest BCUT2D eigenvalue weighted by Gasteiger charge is 2.32. The Balaban J connectivity index is 1.50. The molecular weight excluding hydrogens is 352 g/mol. The van der Waals surface area contributed by atoms with Crippen LogP contribution in [0.4, 0.5) is 5.69 Å². The van der Waals surface area contributed by atoms with Gasteiger partial charge in [-0.3, -0.25) is 9.59 Å². The van der Waals surface area contributed by atoms with Crippen LogP contribution in [0.1, 0.15) is 44.9 Å². The summed E-state index contributed by atoms with van der Waals surface area (Å²) >= 11 is 6.11. The van der Waals surface area contributed by atoms with Crippen LogP contribution in [-0.4, -0.2) is 36.9 Å². The molecule has 0 unspecified atom stereocenters. The maximum Gasteiger partial charge on any atom is 0.227 e. The molecule has 1 N–H and O–H groups in total. The van der Waals surface area contributed by atoms with Gasteiger partial charge in [0.15, 0.2) is 0 Å². The number of nitrogens with zero attached hydrogens (tertiary/aromatic N) is 1. The second kappa shape index (κ2) is 8.76. The first-order chi connectivity index (χ1) is 12.6. The number of amides is 2. The minimum Gasteiger partial charge on any atom is -0.495 e. The molecule has 2 aliphatic rings. The molecular formula is C20H27ClN2O3. The number of hydrogen-bond acceptors (Lipinski definition) is 3. The fourth-order valence-electron chi connectivity index (χ4n) is 3.96. The molecule has 2 amide bonds. The minimum atomic E-state index is -0.0405. The smallest absolute Gasteiger partial charge is 0.227 e. The van der Waals surface area contributed by atoms with Crippen molar-refractivity contribution in [2.75, 3.05) is 25.5 Å². The van der Waals surface area contributed by atoms with E-state index in [0.29, 0.717) is 22.4 Å². The van der Waals surface area contributed by atoms with Crippen molar-refractivity contribution in [3.63, 3.8) is 0 Å². The molecule has 1 aromatic rings. The lowest BCUT2D eigenvalue weighted by Gasteiger charge is -2.33. The quantitative estimate of drug-likeness (QED) is 0.857. The summed E-state index contributed by atoms with van der Waals surface area (Å²) in [6, 6.07) is 5.23. The summed E-state index contributed by atoms with van der Waals surface area (Å²) in [4.78, 5) is 27.2. The fraction of sp³-hybridized carbons (Fsp3) is 0.600. The van der Waals surface area contributed by atoms with Gasteiger partial charge in [0, 0.05) is 30.6 Å². The van der Waals surface area contributed by atoms with Crippen LogP contribution in [0.3, 0.4) is 0 Å². The standard InChI is InChI=1S/C20H27ClN2O3/c1-26-18-10-9-16(13-17(18)21)22-19(24)14-5-7-15(8-6-14)20(25)23-11-3-2-4-12-23/h9-10,13-15H,2-8,11-12H2,1H3,(H,22,24). The van der Waals surface area contributed by atoms with Crippen molar-refractivity contribution in [1.29, 1.82) is 0 Å². The predicted molar refractivity (Wildman–Crippen MR) is 103 cm³/mol. The van der Waals surface area contributed by atoms with Gasteiger partial charge in [0.1, 0.15) is 5.75 Å². The number of piperidine rings is 1. The summed E-state index contributed by atoms with van der Waals surface area (Å²) in [5, 5.41) is 3.41. The molecule has 0 radical (unpaired) electrons. The summed E-state index contributed by atoms with van der Waals surface area (Å²) in [6.45, 7) is 1.80. The highest BCUT2D eigenvalue weighted by Crippen LogP contribution is 2.32. The van der Waals surface area contributed by atoms with Crippen molar-refractivity contribution >= 4 is 29.1 Å². The normalized spacial score (nSPS) is 23.4. The van der Waals surface area contributed by atoms with E-state index in [1.165, 1.54) is 6.42 Å². The number of anilines is 1. The lowest BCUT2D eigenvalue weighted by molar-refractivity contribution is -0.138. The lowest BCUT2D eigenvalue weighted by Crippen LogP contribution is -2.41. The molecule has 0 bridgehead atoms. The van der Waals surface area contributed by atoms with E-state index in [1.807, 2.05) is 4.90 Å². The molecule has 1 aromatic carbocycles. The topological polar surface area (TPSA) is 58.6 Å². The van der Waals surface area contributed by atoms with Gasteiger partial charge in [-0.25, -0.2) is 0 Å². The average molecular weight is 379 g/mol. The van der Waals surface area contributed by atoms with E-state index in [-0.39, 0.29) is 17.7 Å². The Morgan fingerprint density at radius 1 is 1.08 bits per heavy atom. The predicted octanol–water partition coefficient (Wildman–Crippen LogP) is 4.11. The molecule has 1 heterocycles. The molecule has 3 rings (SSSR count). The number of carbonyl (C=O) groups is 2. The molecule has 26 heavy (non-hydrogen) atoms. The molecule has 6 heteroatoms. The van der Waals surface area contributed by atoms with Crippen LogP contribution in [0.25, 0.3) is 0 Å². The molecule has 0 aromatic heterocycles. The molecule has 1 saturated heterocycles. The van der Waals surface area contributed by atoms with Crippen molar-refractivity contribution < 1.29 is 14.3 Å². The molecule has 1 saturated carbocycles. The highest BCUT2D eigenvalue weighted by molar-refractivity contribution is 6.32. The molecule has 142 valence electrons. The van der Waals surface area contributed by atoms with E-state index in [2.05, 4.69) is 5.32 Å². The maximum atomic E-state index is 12.6. The van der Waals surface area contributed by atoms with E-state index < -0.39 is 0 Å². The Hall–Kier alpha value is -1.75. The molecule has 1 aliphatic heterocycles. The average Bonchev–Trinajstić information content (AvgIpc) is 2.68. The zero-order valence-electron chi connectivity index (χ0n) is 15.3. The molecule has 0 atom stereocenters. The van der Waals surface area contributed by atoms with Gasteiger partial charge in [-0.15, -0.1) is 0 Å². The summed E-state index contributed by atoms with van der Waals surface area (Å²) in [7, 11) is 1.56. The van der Waals surface area contributed by atoms with Crippen molar-refractivity contribution in [3.05, 3.63) is 23.2 Å². The SMILES string of the molecule is COc1ccc(NC(=O)C2CCC(C(=O)N3CCCCC3)CC2)cc1Cl. The second-order valence-corrected chi connectivity index (χ2v) is 7.68. The van der Waals surface area contributed by atoms with Crippen molar-refractivity contribution in [2.24, 2.45) is 11.8 Å². The van der Waals surface area contributed by atoms with Crippen LogP contribution in [0, 0.1) is 11.8 Å². The number of rotatable bonds is 4. The van der Waals surface area contributed by atoms with E-state index in [0.717, 1.165) is 51.6 Å². The summed E-state index contributed by atoms with van der Waals surface area (Å²) in [5.41, 5.74) is 0.673. The number of likely N-dealkylation sites (tertiary alicyclic amines) is 1. The second-order valence-electron chi connectivity index (χ2n) is 7.27. The first kappa shape index (κ1) is 19.0. The first-order valence-corrected chi connectivity index (χ1v) is 9.89. The fourth-order valence-corrected chi connectivity index (χ4v) is 4.22. The third-order valence-electron chi connectivity index (χ3n) is 5.53. The monoisotopic (exact) mass is 378 g/mol. The van der Waals surface area contributed by atoms with Crippen molar-refractivity contribution in [2.45, 2.75) is 44.9 Å². The van der Waals surface area contributed by atoms with Crippen LogP contribution in [0.15, 0.2) is 18.2 Å². The molecule has 5 nitrogen and oxygen atoms in total. The van der Waals surface area contributed by atoms with Gasteiger partial charge in [0.05, 0.1) is 12.1 Å². The Bertz CT molecular complexity index is 650. The van der Waals surface area contributed by atoms with Crippen LogP contribution < -0.4 is 10.1 Å².